The lowest BCUT2D eigenvalue weighted by molar-refractivity contribution is -0.125. The lowest BCUT2D eigenvalue weighted by atomic mass is 10.1. The zero-order valence-corrected chi connectivity index (χ0v) is 16.8. The molecule has 28 heavy (non-hydrogen) atoms. The van der Waals surface area contributed by atoms with Crippen molar-refractivity contribution in [3.63, 3.8) is 0 Å². The minimum Gasteiger partial charge on any atom is -0.493 e. The number of hydrogen-bond acceptors (Lipinski definition) is 6. The Morgan fingerprint density at radius 3 is 2.25 bits per heavy atom. The quantitative estimate of drug-likeness (QED) is 0.619. The molecule has 1 aliphatic heterocycles. The zero-order chi connectivity index (χ0) is 20.8. The molecular formula is C19H27N3O6. The van der Waals surface area contributed by atoms with Gasteiger partial charge in [-0.2, -0.15) is 0 Å². The highest BCUT2D eigenvalue weighted by molar-refractivity contribution is 6.22. The number of urea groups is 1. The molecule has 4 amide bonds. The van der Waals surface area contributed by atoms with Crippen LogP contribution in [-0.4, -0.2) is 51.8 Å². The van der Waals surface area contributed by atoms with Crippen molar-refractivity contribution in [3.05, 3.63) is 12.1 Å². The first-order chi connectivity index (χ1) is 13.3. The number of hydrogen-bond donors (Lipinski definition) is 2. The molecule has 1 saturated heterocycles. The summed E-state index contributed by atoms with van der Waals surface area (Å²) in [6.45, 7) is 4.65. The van der Waals surface area contributed by atoms with E-state index in [2.05, 4.69) is 24.5 Å². The molecular weight excluding hydrogens is 366 g/mol. The van der Waals surface area contributed by atoms with Crippen molar-refractivity contribution in [2.75, 3.05) is 32.8 Å². The van der Waals surface area contributed by atoms with E-state index in [0.717, 1.165) is 11.3 Å². The summed E-state index contributed by atoms with van der Waals surface area (Å²) in [5, 5.41) is 5.31. The molecule has 0 aliphatic carbocycles. The fourth-order valence-corrected chi connectivity index (χ4v) is 2.87. The van der Waals surface area contributed by atoms with Crippen LogP contribution >= 0.6 is 0 Å². The summed E-state index contributed by atoms with van der Waals surface area (Å²) >= 11 is 0. The van der Waals surface area contributed by atoms with Gasteiger partial charge in [0.05, 0.1) is 33.4 Å². The van der Waals surface area contributed by atoms with Crippen LogP contribution in [0.25, 0.3) is 0 Å². The van der Waals surface area contributed by atoms with E-state index >= 15 is 0 Å². The van der Waals surface area contributed by atoms with Crippen LogP contribution in [0.4, 0.5) is 10.5 Å². The molecule has 0 saturated carbocycles. The number of rotatable bonds is 9. The predicted molar refractivity (Wildman–Crippen MR) is 103 cm³/mol. The Bertz CT molecular complexity index is 724. The third kappa shape index (κ3) is 4.65. The lowest BCUT2D eigenvalue weighted by Gasteiger charge is -2.18. The van der Waals surface area contributed by atoms with E-state index in [4.69, 9.17) is 14.2 Å². The summed E-state index contributed by atoms with van der Waals surface area (Å²) in [5.41, 5.74) is 0.264. The second kappa shape index (κ2) is 9.29. The maximum absolute atomic E-state index is 12.7. The van der Waals surface area contributed by atoms with Gasteiger partial charge in [-0.1, -0.05) is 13.8 Å². The number of carbonyl (C=O) groups excluding carboxylic acids is 3. The topological polar surface area (TPSA) is 106 Å². The standard InChI is InChI=1S/C19H27N3O6/c1-11(2)6-7-20-16(23)10-13-18(24)22(19(25)21-13)12-8-14(26-3)17(28-5)15(9-12)27-4/h8-9,11,13H,6-7,10H2,1-5H3,(H,20,23)(H,21,25). The number of nitrogens with one attached hydrogen (secondary N) is 2. The average Bonchev–Trinajstić information content (AvgIpc) is 2.93. The Morgan fingerprint density at radius 2 is 1.75 bits per heavy atom. The van der Waals surface area contributed by atoms with Crippen LogP contribution in [0.15, 0.2) is 12.1 Å². The summed E-state index contributed by atoms with van der Waals surface area (Å²) in [7, 11) is 4.34. The molecule has 1 aromatic rings. The van der Waals surface area contributed by atoms with E-state index < -0.39 is 18.0 Å². The van der Waals surface area contributed by atoms with Crippen molar-refractivity contribution in [3.8, 4) is 17.2 Å². The van der Waals surface area contributed by atoms with Crippen LogP contribution in [0.2, 0.25) is 0 Å². The normalized spacial score (nSPS) is 16.2. The van der Waals surface area contributed by atoms with Gasteiger partial charge in [-0.25, -0.2) is 9.69 Å². The average molecular weight is 393 g/mol. The van der Waals surface area contributed by atoms with Gasteiger partial charge in [0.25, 0.3) is 5.91 Å². The van der Waals surface area contributed by atoms with Gasteiger partial charge in [0, 0.05) is 18.7 Å². The highest BCUT2D eigenvalue weighted by Gasteiger charge is 2.40. The van der Waals surface area contributed by atoms with E-state index in [1.54, 1.807) is 0 Å². The molecule has 2 N–H and O–H groups in total. The SMILES string of the molecule is COc1cc(N2C(=O)NC(CC(=O)NCCC(C)C)C2=O)cc(OC)c1OC. The third-order valence-electron chi connectivity index (χ3n) is 4.36. The van der Waals surface area contributed by atoms with Crippen molar-refractivity contribution < 1.29 is 28.6 Å². The summed E-state index contributed by atoms with van der Waals surface area (Å²) in [5.74, 6) is 0.634. The van der Waals surface area contributed by atoms with Crippen LogP contribution in [0.5, 0.6) is 17.2 Å². The smallest absolute Gasteiger partial charge is 0.329 e. The fraction of sp³-hybridized carbons (Fsp3) is 0.526. The Hall–Kier alpha value is -2.97. The molecule has 0 aromatic heterocycles. The summed E-state index contributed by atoms with van der Waals surface area (Å²) in [6.07, 6.45) is 0.720. The predicted octanol–water partition coefficient (Wildman–Crippen LogP) is 1.69. The lowest BCUT2D eigenvalue weighted by Crippen LogP contribution is -2.37. The van der Waals surface area contributed by atoms with E-state index in [1.165, 1.54) is 33.5 Å². The Balaban J connectivity index is 2.16. The highest BCUT2D eigenvalue weighted by Crippen LogP contribution is 2.41. The first kappa shape index (κ1) is 21.3. The molecule has 9 heteroatoms. The minimum absolute atomic E-state index is 0.121. The van der Waals surface area contributed by atoms with E-state index in [9.17, 15) is 14.4 Å². The van der Waals surface area contributed by atoms with Crippen LogP contribution in [-0.2, 0) is 9.59 Å². The maximum Gasteiger partial charge on any atom is 0.329 e. The second-order valence-corrected chi connectivity index (χ2v) is 6.80. The van der Waals surface area contributed by atoms with E-state index in [0.29, 0.717) is 29.7 Å². The number of benzene rings is 1. The van der Waals surface area contributed by atoms with E-state index in [1.807, 2.05) is 0 Å². The van der Waals surface area contributed by atoms with Gasteiger partial charge in [-0.05, 0) is 12.3 Å². The third-order valence-corrected chi connectivity index (χ3v) is 4.36. The van der Waals surface area contributed by atoms with Gasteiger partial charge in [0.2, 0.25) is 11.7 Å². The van der Waals surface area contributed by atoms with Gasteiger partial charge in [0.1, 0.15) is 6.04 Å². The van der Waals surface area contributed by atoms with Crippen molar-refractivity contribution in [2.45, 2.75) is 32.7 Å². The Labute approximate surface area is 164 Å². The number of carbonyl (C=O) groups is 3. The molecule has 1 atom stereocenters. The number of ether oxygens (including phenoxy) is 3. The monoisotopic (exact) mass is 393 g/mol. The molecule has 0 radical (unpaired) electrons. The molecule has 154 valence electrons. The number of methoxy groups -OCH3 is 3. The molecule has 1 unspecified atom stereocenters. The van der Waals surface area contributed by atoms with Gasteiger partial charge >= 0.3 is 6.03 Å². The number of amides is 4. The minimum atomic E-state index is -0.925. The summed E-state index contributed by atoms with van der Waals surface area (Å²) in [4.78, 5) is 38.2. The molecule has 1 aromatic carbocycles. The largest absolute Gasteiger partial charge is 0.493 e. The van der Waals surface area contributed by atoms with Crippen LogP contribution in [0.1, 0.15) is 26.7 Å². The summed E-state index contributed by atoms with van der Waals surface area (Å²) < 4.78 is 15.8. The number of imide groups is 1. The van der Waals surface area contributed by atoms with Gasteiger partial charge in [0.15, 0.2) is 11.5 Å². The van der Waals surface area contributed by atoms with E-state index in [-0.39, 0.29) is 18.0 Å². The van der Waals surface area contributed by atoms with Crippen molar-refractivity contribution in [2.24, 2.45) is 5.92 Å². The highest BCUT2D eigenvalue weighted by atomic mass is 16.5. The Kier molecular flexibility index (Phi) is 7.08. The first-order valence-electron chi connectivity index (χ1n) is 9.03. The van der Waals surface area contributed by atoms with Crippen LogP contribution in [0, 0.1) is 5.92 Å². The van der Waals surface area contributed by atoms with Crippen molar-refractivity contribution >= 4 is 23.5 Å². The summed E-state index contributed by atoms with van der Waals surface area (Å²) in [6, 6.07) is 1.47. The maximum atomic E-state index is 12.7. The van der Waals surface area contributed by atoms with Crippen LogP contribution < -0.4 is 29.7 Å². The molecule has 1 heterocycles. The number of anilines is 1. The fourth-order valence-electron chi connectivity index (χ4n) is 2.87. The zero-order valence-electron chi connectivity index (χ0n) is 16.8. The Morgan fingerprint density at radius 1 is 1.14 bits per heavy atom. The van der Waals surface area contributed by atoms with Crippen LogP contribution in [0.3, 0.4) is 0 Å². The van der Waals surface area contributed by atoms with Crippen molar-refractivity contribution in [1.82, 2.24) is 10.6 Å². The number of nitrogens with zero attached hydrogens (tertiary/aromatic N) is 1. The van der Waals surface area contributed by atoms with Gasteiger partial charge in [-0.15, -0.1) is 0 Å². The molecule has 0 spiro atoms. The van der Waals surface area contributed by atoms with Gasteiger partial charge < -0.3 is 24.8 Å². The van der Waals surface area contributed by atoms with Gasteiger partial charge in [-0.3, -0.25) is 9.59 Å². The second-order valence-electron chi connectivity index (χ2n) is 6.80. The molecule has 1 fully saturated rings. The molecule has 1 aliphatic rings. The van der Waals surface area contributed by atoms with Crippen molar-refractivity contribution in [1.29, 1.82) is 0 Å². The molecule has 2 rings (SSSR count). The first-order valence-corrected chi connectivity index (χ1v) is 9.03. The molecule has 9 nitrogen and oxygen atoms in total. The molecule has 0 bridgehead atoms.